The van der Waals surface area contributed by atoms with Crippen LogP contribution < -0.4 is 0 Å². The molecule has 1 aromatic carbocycles. The van der Waals surface area contributed by atoms with E-state index in [1.807, 2.05) is 12.1 Å². The second-order valence-electron chi connectivity index (χ2n) is 5.34. The van der Waals surface area contributed by atoms with E-state index in [0.29, 0.717) is 16.9 Å². The molecule has 2 aromatic heterocycles. The maximum absolute atomic E-state index is 6.28. The van der Waals surface area contributed by atoms with E-state index in [2.05, 4.69) is 52.3 Å². The highest BCUT2D eigenvalue weighted by molar-refractivity contribution is 9.10. The summed E-state index contributed by atoms with van der Waals surface area (Å²) in [5, 5.41) is 3.76. The normalized spacial score (nSPS) is 11.5. The summed E-state index contributed by atoms with van der Waals surface area (Å²) in [6.45, 7) is 4.34. The van der Waals surface area contributed by atoms with Gasteiger partial charge in [0.1, 0.15) is 5.15 Å². The van der Waals surface area contributed by atoms with E-state index in [1.54, 1.807) is 11.3 Å². The van der Waals surface area contributed by atoms with Gasteiger partial charge < -0.3 is 0 Å². The molecule has 2 nitrogen and oxygen atoms in total. The number of thiophene rings is 1. The average molecular weight is 382 g/mol. The van der Waals surface area contributed by atoms with E-state index in [9.17, 15) is 0 Å². The Labute approximate surface area is 141 Å². The van der Waals surface area contributed by atoms with Crippen LogP contribution in [0, 0.1) is 5.92 Å². The van der Waals surface area contributed by atoms with Crippen molar-refractivity contribution < 1.29 is 0 Å². The highest BCUT2D eigenvalue weighted by atomic mass is 79.9. The molecular formula is C16H14BrClN2S. The number of nitrogens with zero attached hydrogens (tertiary/aromatic N) is 2. The predicted octanol–water partition coefficient (Wildman–Crippen LogP) is 5.97. The second kappa shape index (κ2) is 6.03. The molecule has 0 radical (unpaired) electrons. The topological polar surface area (TPSA) is 25.8 Å². The molecule has 0 N–H and O–H groups in total. The van der Waals surface area contributed by atoms with Crippen LogP contribution in [0.2, 0.25) is 5.15 Å². The molecule has 3 aromatic rings. The van der Waals surface area contributed by atoms with Crippen LogP contribution in [0.1, 0.15) is 19.5 Å². The predicted molar refractivity (Wildman–Crippen MR) is 94.1 cm³/mol. The molecule has 5 heteroatoms. The Kier molecular flexibility index (Phi) is 4.29. The molecule has 3 rings (SSSR count). The van der Waals surface area contributed by atoms with Crippen molar-refractivity contribution in [3.8, 4) is 11.4 Å². The first kappa shape index (κ1) is 14.9. The van der Waals surface area contributed by atoms with E-state index in [4.69, 9.17) is 16.6 Å². The van der Waals surface area contributed by atoms with Crippen LogP contribution >= 0.6 is 38.9 Å². The lowest BCUT2D eigenvalue weighted by Crippen LogP contribution is -2.02. The number of benzene rings is 1. The molecule has 0 unspecified atom stereocenters. The second-order valence-corrected chi connectivity index (χ2v) is 7.40. The van der Waals surface area contributed by atoms with Crippen LogP contribution in [0.25, 0.3) is 21.5 Å². The molecule has 0 atom stereocenters. The van der Waals surface area contributed by atoms with Gasteiger partial charge in [-0.15, -0.1) is 11.3 Å². The molecule has 0 aliphatic rings. The number of halogens is 2. The minimum absolute atomic E-state index is 0.478. The molecule has 0 saturated carbocycles. The van der Waals surface area contributed by atoms with Crippen LogP contribution in [0.5, 0.6) is 0 Å². The van der Waals surface area contributed by atoms with Crippen LogP contribution in [-0.2, 0) is 6.42 Å². The number of rotatable bonds is 3. The maximum Gasteiger partial charge on any atom is 0.162 e. The molecule has 0 aliphatic heterocycles. The van der Waals surface area contributed by atoms with Gasteiger partial charge in [-0.1, -0.05) is 43.6 Å². The number of aromatic nitrogens is 2. The zero-order valence-electron chi connectivity index (χ0n) is 11.7. The van der Waals surface area contributed by atoms with Gasteiger partial charge in [0.05, 0.1) is 10.2 Å². The van der Waals surface area contributed by atoms with Gasteiger partial charge in [-0.2, -0.15) is 0 Å². The van der Waals surface area contributed by atoms with E-state index in [-0.39, 0.29) is 0 Å². The van der Waals surface area contributed by atoms with E-state index in [0.717, 1.165) is 22.2 Å². The van der Waals surface area contributed by atoms with Crippen molar-refractivity contribution in [2.45, 2.75) is 20.3 Å². The molecule has 0 spiro atoms. The number of hydrogen-bond donors (Lipinski definition) is 0. The number of fused-ring (bicyclic) bond motifs is 1. The Morgan fingerprint density at radius 1 is 1.24 bits per heavy atom. The van der Waals surface area contributed by atoms with Crippen molar-refractivity contribution in [1.29, 1.82) is 0 Å². The minimum Gasteiger partial charge on any atom is -0.232 e. The van der Waals surface area contributed by atoms with Gasteiger partial charge in [-0.3, -0.25) is 0 Å². The maximum atomic E-state index is 6.28. The summed E-state index contributed by atoms with van der Waals surface area (Å²) in [7, 11) is 0. The minimum atomic E-state index is 0.478. The Balaban J connectivity index is 2.16. The molecule has 0 aliphatic carbocycles. The Morgan fingerprint density at radius 2 is 2.00 bits per heavy atom. The van der Waals surface area contributed by atoms with Crippen LogP contribution in [0.15, 0.2) is 34.1 Å². The first-order chi connectivity index (χ1) is 10.1. The van der Waals surface area contributed by atoms with Crippen molar-refractivity contribution in [1.82, 2.24) is 9.97 Å². The summed E-state index contributed by atoms with van der Waals surface area (Å²) in [5.74, 6) is 1.22. The summed E-state index contributed by atoms with van der Waals surface area (Å²) < 4.78 is 2.04. The van der Waals surface area contributed by atoms with Gasteiger partial charge in [0.15, 0.2) is 5.82 Å². The van der Waals surface area contributed by atoms with Gasteiger partial charge in [-0.25, -0.2) is 9.97 Å². The van der Waals surface area contributed by atoms with Crippen LogP contribution in [0.3, 0.4) is 0 Å². The fourth-order valence-corrected chi connectivity index (χ4v) is 3.72. The third-order valence-electron chi connectivity index (χ3n) is 3.20. The standard InChI is InChI=1S/C16H14BrClN2S/c1-9(2)7-12-14(17)15(18)20-16(19-12)11-8-21-13-6-4-3-5-10(11)13/h3-6,8-9H,7H2,1-2H3. The summed E-state index contributed by atoms with van der Waals surface area (Å²) in [4.78, 5) is 9.18. The highest BCUT2D eigenvalue weighted by Crippen LogP contribution is 2.34. The third kappa shape index (κ3) is 2.98. The lowest BCUT2D eigenvalue weighted by molar-refractivity contribution is 0.632. The SMILES string of the molecule is CC(C)Cc1nc(-c2csc3ccccc23)nc(Cl)c1Br. The molecular weight excluding hydrogens is 368 g/mol. The molecule has 21 heavy (non-hydrogen) atoms. The van der Waals surface area contributed by atoms with Gasteiger partial charge >= 0.3 is 0 Å². The van der Waals surface area contributed by atoms with E-state index < -0.39 is 0 Å². The number of hydrogen-bond acceptors (Lipinski definition) is 3. The Hall–Kier alpha value is -0.970. The fourth-order valence-electron chi connectivity index (χ4n) is 2.26. The zero-order valence-corrected chi connectivity index (χ0v) is 14.9. The van der Waals surface area contributed by atoms with E-state index in [1.165, 1.54) is 10.1 Å². The largest absolute Gasteiger partial charge is 0.232 e. The van der Waals surface area contributed by atoms with Gasteiger partial charge in [0, 0.05) is 21.0 Å². The van der Waals surface area contributed by atoms with Crippen molar-refractivity contribution >= 4 is 49.0 Å². The zero-order chi connectivity index (χ0) is 15.0. The molecule has 0 fully saturated rings. The van der Waals surface area contributed by atoms with Crippen molar-refractivity contribution in [3.05, 3.63) is 45.0 Å². The smallest absolute Gasteiger partial charge is 0.162 e. The van der Waals surface area contributed by atoms with Gasteiger partial charge in [0.25, 0.3) is 0 Å². The molecule has 0 amide bonds. The Bertz CT molecular complexity index is 798. The van der Waals surface area contributed by atoms with Gasteiger partial charge in [0.2, 0.25) is 0 Å². The lowest BCUT2D eigenvalue weighted by atomic mass is 10.1. The van der Waals surface area contributed by atoms with Crippen LogP contribution in [-0.4, -0.2) is 9.97 Å². The fraction of sp³-hybridized carbons (Fsp3) is 0.250. The summed E-state index contributed by atoms with van der Waals surface area (Å²) in [6, 6.07) is 8.29. The summed E-state index contributed by atoms with van der Waals surface area (Å²) in [5.41, 5.74) is 2.02. The van der Waals surface area contributed by atoms with Crippen molar-refractivity contribution in [3.63, 3.8) is 0 Å². The molecule has 0 saturated heterocycles. The first-order valence-electron chi connectivity index (χ1n) is 6.74. The summed E-state index contributed by atoms with van der Waals surface area (Å²) in [6.07, 6.45) is 0.873. The monoisotopic (exact) mass is 380 g/mol. The van der Waals surface area contributed by atoms with Crippen LogP contribution in [0.4, 0.5) is 0 Å². The van der Waals surface area contributed by atoms with Crippen molar-refractivity contribution in [2.75, 3.05) is 0 Å². The average Bonchev–Trinajstić information content (AvgIpc) is 2.87. The van der Waals surface area contributed by atoms with Gasteiger partial charge in [-0.05, 0) is 34.3 Å². The third-order valence-corrected chi connectivity index (χ3v) is 5.50. The molecule has 108 valence electrons. The summed E-state index contributed by atoms with van der Waals surface area (Å²) >= 11 is 11.5. The highest BCUT2D eigenvalue weighted by Gasteiger charge is 2.15. The Morgan fingerprint density at radius 3 is 2.76 bits per heavy atom. The van der Waals surface area contributed by atoms with E-state index >= 15 is 0 Å². The quantitative estimate of drug-likeness (QED) is 0.522. The molecule has 2 heterocycles. The van der Waals surface area contributed by atoms with Crippen molar-refractivity contribution in [2.24, 2.45) is 5.92 Å². The molecule has 0 bridgehead atoms. The lowest BCUT2D eigenvalue weighted by Gasteiger charge is -2.10. The first-order valence-corrected chi connectivity index (χ1v) is 8.80.